The summed E-state index contributed by atoms with van der Waals surface area (Å²) in [5.41, 5.74) is 2.11. The quantitative estimate of drug-likeness (QED) is 0.740. The van der Waals surface area contributed by atoms with Gasteiger partial charge in [0.1, 0.15) is 17.3 Å². The molecule has 0 saturated carbocycles. The fraction of sp³-hybridized carbons (Fsp3) is 0.200. The Morgan fingerprint density at radius 1 is 1.08 bits per heavy atom. The molecule has 1 heterocycles. The van der Waals surface area contributed by atoms with Crippen LogP contribution in [0.3, 0.4) is 0 Å². The molecule has 0 bridgehead atoms. The highest BCUT2D eigenvalue weighted by molar-refractivity contribution is 5.94. The van der Waals surface area contributed by atoms with Crippen LogP contribution >= 0.6 is 0 Å². The van der Waals surface area contributed by atoms with Crippen LogP contribution in [0.25, 0.3) is 16.9 Å². The van der Waals surface area contributed by atoms with Crippen molar-refractivity contribution in [3.63, 3.8) is 0 Å². The molecule has 1 atom stereocenters. The topological polar surface area (TPSA) is 46.9 Å². The fourth-order valence-electron chi connectivity index (χ4n) is 2.48. The van der Waals surface area contributed by atoms with Crippen molar-refractivity contribution in [1.29, 1.82) is 0 Å². The van der Waals surface area contributed by atoms with Crippen molar-refractivity contribution in [2.24, 2.45) is 0 Å². The van der Waals surface area contributed by atoms with E-state index in [4.69, 9.17) is 0 Å². The Bertz CT molecular complexity index is 902. The van der Waals surface area contributed by atoms with Crippen LogP contribution in [0.4, 0.5) is 8.78 Å². The first-order valence-corrected chi connectivity index (χ1v) is 8.40. The summed E-state index contributed by atoms with van der Waals surface area (Å²) in [6.07, 6.45) is 0.793. The van der Waals surface area contributed by atoms with Gasteiger partial charge >= 0.3 is 0 Å². The number of hydrogen-bond donors (Lipinski definition) is 1. The van der Waals surface area contributed by atoms with Crippen molar-refractivity contribution in [1.82, 2.24) is 15.1 Å². The number of nitrogens with one attached hydrogen (secondary N) is 1. The molecular formula is C20H19F2N3O. The normalized spacial score (nSPS) is 12.0. The number of amides is 1. The first-order valence-electron chi connectivity index (χ1n) is 8.40. The molecule has 134 valence electrons. The predicted octanol–water partition coefficient (Wildman–Crippen LogP) is 4.35. The van der Waals surface area contributed by atoms with Gasteiger partial charge in [0, 0.05) is 11.6 Å². The maximum atomic E-state index is 13.2. The summed E-state index contributed by atoms with van der Waals surface area (Å²) in [4.78, 5) is 12.7. The Morgan fingerprint density at radius 2 is 1.65 bits per heavy atom. The number of halogens is 2. The van der Waals surface area contributed by atoms with Gasteiger partial charge in [0.15, 0.2) is 0 Å². The van der Waals surface area contributed by atoms with E-state index in [0.717, 1.165) is 6.42 Å². The maximum Gasteiger partial charge on any atom is 0.270 e. The number of carbonyl (C=O) groups is 1. The molecule has 3 aromatic rings. The van der Waals surface area contributed by atoms with E-state index in [0.29, 0.717) is 22.6 Å². The monoisotopic (exact) mass is 355 g/mol. The maximum absolute atomic E-state index is 13.2. The number of nitrogens with zero attached hydrogens (tertiary/aromatic N) is 2. The zero-order chi connectivity index (χ0) is 18.7. The number of aromatic nitrogens is 2. The van der Waals surface area contributed by atoms with Gasteiger partial charge in [-0.2, -0.15) is 5.10 Å². The van der Waals surface area contributed by atoms with Gasteiger partial charge in [0.05, 0.1) is 11.4 Å². The molecular weight excluding hydrogens is 336 g/mol. The first-order chi connectivity index (χ1) is 12.5. The first kappa shape index (κ1) is 17.8. The largest absolute Gasteiger partial charge is 0.348 e. The highest BCUT2D eigenvalue weighted by Crippen LogP contribution is 2.22. The average Bonchev–Trinajstić information content (AvgIpc) is 3.08. The van der Waals surface area contributed by atoms with Crippen LogP contribution < -0.4 is 5.32 Å². The van der Waals surface area contributed by atoms with E-state index in [1.807, 2.05) is 13.8 Å². The summed E-state index contributed by atoms with van der Waals surface area (Å²) in [6, 6.07) is 13.3. The van der Waals surface area contributed by atoms with E-state index in [9.17, 15) is 13.6 Å². The molecule has 0 radical (unpaired) electrons. The van der Waals surface area contributed by atoms with Crippen LogP contribution in [0, 0.1) is 11.6 Å². The second-order valence-corrected chi connectivity index (χ2v) is 6.09. The van der Waals surface area contributed by atoms with Gasteiger partial charge in [0.25, 0.3) is 5.91 Å². The van der Waals surface area contributed by atoms with E-state index in [-0.39, 0.29) is 23.6 Å². The predicted molar refractivity (Wildman–Crippen MR) is 96.1 cm³/mol. The molecule has 0 spiro atoms. The lowest BCUT2D eigenvalue weighted by atomic mass is 10.1. The average molecular weight is 355 g/mol. The van der Waals surface area contributed by atoms with Crippen LogP contribution in [0.1, 0.15) is 30.8 Å². The summed E-state index contributed by atoms with van der Waals surface area (Å²) in [7, 11) is 0. The molecule has 6 heteroatoms. The third kappa shape index (κ3) is 3.79. The lowest BCUT2D eigenvalue weighted by Crippen LogP contribution is -2.33. The van der Waals surface area contributed by atoms with Crippen LogP contribution in [-0.4, -0.2) is 21.7 Å². The Balaban J connectivity index is 2.06. The van der Waals surface area contributed by atoms with Gasteiger partial charge in [0.2, 0.25) is 0 Å². The highest BCUT2D eigenvalue weighted by atomic mass is 19.1. The standard InChI is InChI=1S/C20H19F2N3O/c1-3-13(2)23-20(26)19-12-18(14-4-6-15(21)7-5-14)24-25(19)17-10-8-16(22)9-11-17/h4-13H,3H2,1-2H3,(H,23,26). The molecule has 1 N–H and O–H groups in total. The van der Waals surface area contributed by atoms with Crippen molar-refractivity contribution in [2.75, 3.05) is 0 Å². The van der Waals surface area contributed by atoms with E-state index in [1.54, 1.807) is 30.3 Å². The second kappa shape index (κ2) is 7.47. The van der Waals surface area contributed by atoms with Gasteiger partial charge in [-0.05, 0) is 67.9 Å². The van der Waals surface area contributed by atoms with E-state index in [1.165, 1.54) is 28.9 Å². The SMILES string of the molecule is CCC(C)NC(=O)c1cc(-c2ccc(F)cc2)nn1-c1ccc(F)cc1. The minimum atomic E-state index is -0.370. The molecule has 3 rings (SSSR count). The third-order valence-electron chi connectivity index (χ3n) is 4.14. The summed E-state index contributed by atoms with van der Waals surface area (Å²) in [5.74, 6) is -0.990. The van der Waals surface area contributed by atoms with Gasteiger partial charge in [-0.25, -0.2) is 13.5 Å². The van der Waals surface area contributed by atoms with E-state index < -0.39 is 0 Å². The lowest BCUT2D eigenvalue weighted by molar-refractivity contribution is 0.0931. The zero-order valence-electron chi connectivity index (χ0n) is 14.5. The fourth-order valence-corrected chi connectivity index (χ4v) is 2.48. The molecule has 0 fully saturated rings. The third-order valence-corrected chi connectivity index (χ3v) is 4.14. The molecule has 1 aromatic heterocycles. The molecule has 1 unspecified atom stereocenters. The Morgan fingerprint density at radius 3 is 2.23 bits per heavy atom. The van der Waals surface area contributed by atoms with Crippen molar-refractivity contribution in [3.05, 3.63) is 71.9 Å². The zero-order valence-corrected chi connectivity index (χ0v) is 14.5. The van der Waals surface area contributed by atoms with Crippen molar-refractivity contribution in [3.8, 4) is 16.9 Å². The summed E-state index contributed by atoms with van der Waals surface area (Å²) in [6.45, 7) is 3.89. The molecule has 0 saturated heterocycles. The van der Waals surface area contributed by atoms with Gasteiger partial charge in [-0.3, -0.25) is 4.79 Å². The number of benzene rings is 2. The summed E-state index contributed by atoms with van der Waals surface area (Å²) >= 11 is 0. The minimum Gasteiger partial charge on any atom is -0.348 e. The van der Waals surface area contributed by atoms with Crippen molar-refractivity contribution < 1.29 is 13.6 Å². The van der Waals surface area contributed by atoms with Crippen molar-refractivity contribution >= 4 is 5.91 Å². The number of carbonyl (C=O) groups excluding carboxylic acids is 1. The molecule has 0 aliphatic rings. The molecule has 0 aliphatic heterocycles. The van der Waals surface area contributed by atoms with Gasteiger partial charge < -0.3 is 5.32 Å². The second-order valence-electron chi connectivity index (χ2n) is 6.09. The Kier molecular flexibility index (Phi) is 5.11. The smallest absolute Gasteiger partial charge is 0.270 e. The van der Waals surface area contributed by atoms with Crippen LogP contribution in [-0.2, 0) is 0 Å². The molecule has 1 amide bonds. The van der Waals surface area contributed by atoms with E-state index >= 15 is 0 Å². The van der Waals surface area contributed by atoms with Crippen molar-refractivity contribution in [2.45, 2.75) is 26.3 Å². The summed E-state index contributed by atoms with van der Waals surface area (Å²) in [5, 5.41) is 7.38. The van der Waals surface area contributed by atoms with Crippen LogP contribution in [0.15, 0.2) is 54.6 Å². The Hall–Kier alpha value is -3.02. The van der Waals surface area contributed by atoms with Crippen LogP contribution in [0.5, 0.6) is 0 Å². The summed E-state index contributed by atoms with van der Waals surface area (Å²) < 4.78 is 27.9. The molecule has 2 aromatic carbocycles. The molecule has 4 nitrogen and oxygen atoms in total. The van der Waals surface area contributed by atoms with E-state index in [2.05, 4.69) is 10.4 Å². The Labute approximate surface area is 150 Å². The molecule has 26 heavy (non-hydrogen) atoms. The van der Waals surface area contributed by atoms with Gasteiger partial charge in [-0.1, -0.05) is 6.92 Å². The number of rotatable bonds is 5. The van der Waals surface area contributed by atoms with Gasteiger partial charge in [-0.15, -0.1) is 0 Å². The lowest BCUT2D eigenvalue weighted by Gasteiger charge is -2.12. The molecule has 0 aliphatic carbocycles. The minimum absolute atomic E-state index is 0.00772. The van der Waals surface area contributed by atoms with Crippen LogP contribution in [0.2, 0.25) is 0 Å². The highest BCUT2D eigenvalue weighted by Gasteiger charge is 2.19. The number of hydrogen-bond acceptors (Lipinski definition) is 2.